The topological polar surface area (TPSA) is 51.2 Å². The molecule has 1 unspecified atom stereocenters. The van der Waals surface area contributed by atoms with Crippen molar-refractivity contribution < 1.29 is 15.1 Å². The van der Waals surface area contributed by atoms with Crippen molar-refractivity contribution in [3.63, 3.8) is 0 Å². The van der Waals surface area contributed by atoms with Gasteiger partial charge in [0.2, 0.25) is 0 Å². The van der Waals surface area contributed by atoms with E-state index in [-0.39, 0.29) is 37.3 Å². The first-order valence-corrected chi connectivity index (χ1v) is 32.1. The summed E-state index contributed by atoms with van der Waals surface area (Å²) in [6.07, 6.45) is 58.8. The van der Waals surface area contributed by atoms with Gasteiger partial charge in [0.05, 0.1) is 46.3 Å². The molecule has 0 radical (unpaired) electrons. The van der Waals surface area contributed by atoms with E-state index in [1.165, 1.54) is 66.1 Å². The molecule has 1 atom stereocenters. The predicted molar refractivity (Wildman–Crippen MR) is 246 cm³/mol. The number of azo groups is 1. The van der Waals surface area contributed by atoms with E-state index in [4.69, 9.17) is 19.4 Å². The first-order chi connectivity index (χ1) is 27.3. The van der Waals surface area contributed by atoms with Gasteiger partial charge in [0.1, 0.15) is 0 Å². The summed E-state index contributed by atoms with van der Waals surface area (Å²) in [5.41, 5.74) is 7.36. The van der Waals surface area contributed by atoms with Gasteiger partial charge in [-0.2, -0.15) is 16.4 Å². The van der Waals surface area contributed by atoms with Crippen molar-refractivity contribution in [2.24, 2.45) is 15.2 Å². The van der Waals surface area contributed by atoms with E-state index < -0.39 is 0 Å². The first kappa shape index (κ1) is 46.9. The van der Waals surface area contributed by atoms with Crippen LogP contribution in [0.25, 0.3) is 5.32 Å². The molecule has 8 rings (SSSR count). The fourth-order valence-electron chi connectivity index (χ4n) is 12.4. The summed E-state index contributed by atoms with van der Waals surface area (Å²) < 4.78 is 0. The average Bonchev–Trinajstić information content (AvgIpc) is 3.27. The normalized spacial score (nSPS) is 27.5. The second kappa shape index (κ2) is 29.2. The van der Waals surface area contributed by atoms with Crippen LogP contribution in [0.1, 0.15) is 225 Å². The second-order valence-electron chi connectivity index (χ2n) is 18.7. The molecule has 1 aliphatic heterocycles. The minimum atomic E-state index is -0.346. The molecule has 0 bridgehead atoms. The number of halogens is 2. The van der Waals surface area contributed by atoms with Gasteiger partial charge < -0.3 is 5.32 Å². The summed E-state index contributed by atoms with van der Waals surface area (Å²) in [5.74, 6) is 0. The van der Waals surface area contributed by atoms with E-state index in [1.54, 1.807) is 211 Å². The molecule has 1 heterocycles. The van der Waals surface area contributed by atoms with Crippen molar-refractivity contribution in [1.29, 1.82) is 0 Å². The summed E-state index contributed by atoms with van der Waals surface area (Å²) in [7, 11) is 9.61. The Morgan fingerprint density at radius 1 is 0.418 bits per heavy atom. The summed E-state index contributed by atoms with van der Waals surface area (Å²) >= 11 is -0.346. The summed E-state index contributed by atoms with van der Waals surface area (Å²) in [6.45, 7) is 0. The Hall–Kier alpha value is 0.873. The molecule has 0 amide bonds. The summed E-state index contributed by atoms with van der Waals surface area (Å²) in [5, 5.41) is 12.5. The van der Waals surface area contributed by atoms with E-state index in [2.05, 4.69) is 20.5 Å². The van der Waals surface area contributed by atoms with Gasteiger partial charge in [-0.15, -0.1) is 0 Å². The molecule has 0 aromatic carbocycles. The van der Waals surface area contributed by atoms with Gasteiger partial charge >= 0.3 is 34.5 Å². The molecular weight excluding hydrogens is 842 g/mol. The number of rotatable bonds is 8. The molecule has 0 aromatic rings. The Morgan fingerprint density at radius 3 is 0.945 bits per heavy atom. The van der Waals surface area contributed by atoms with Gasteiger partial charge in [-0.1, -0.05) is 63.9 Å². The molecule has 7 aliphatic carbocycles. The van der Waals surface area contributed by atoms with Crippen molar-refractivity contribution >= 4 is 41.4 Å². The molecule has 7 fully saturated rings. The number of nitrogens with zero attached hydrogens (tertiary/aromatic N) is 4. The number of hydrogen-bond acceptors (Lipinski definition) is 3. The SMILES string of the molecule is C1=C[N-]C(N=NC2CCCCC2)N=C1.C1CCC([PH+](C2CCCCC2)C2CCCCC2)CC1.C1CCC([PH+](C2CCCCC2)C2CCCCC2)CC1.[Cl][Ru][Cl]. The standard InChI is InChI=1S/2C18H33P.C10H15N4.2ClH.Ru/c2*1-4-10-16(11-5-1)19(17-12-6-2-7-13-17)18-14-8-3-9-15-18;1-2-5-9(6-3-1)13-14-10-11-7-4-8-12-10;;;/h2*16-18H,1-15H2;4,7-10H,1-3,5-6H2;2*1H;/q;;-1;;;+2. The molecule has 318 valence electrons. The quantitative estimate of drug-likeness (QED) is 0.132. The zero-order valence-electron chi connectivity index (χ0n) is 35.0. The molecule has 0 spiro atoms. The van der Waals surface area contributed by atoms with Gasteiger partial charge in [0, 0.05) is 22.1 Å². The van der Waals surface area contributed by atoms with Crippen LogP contribution in [0.3, 0.4) is 0 Å². The fraction of sp³-hybridized carbons (Fsp3) is 0.935. The monoisotopic (exact) mass is 925 g/mol. The number of allylic oxidation sites excluding steroid dienone is 1. The number of aliphatic imine (C=N–C) groups is 1. The van der Waals surface area contributed by atoms with Crippen molar-refractivity contribution in [3.05, 3.63) is 17.6 Å². The molecule has 55 heavy (non-hydrogen) atoms. The Balaban J connectivity index is 0.000000154. The second-order valence-corrected chi connectivity index (χ2v) is 28.3. The van der Waals surface area contributed by atoms with Crippen LogP contribution in [-0.2, 0) is 15.1 Å². The van der Waals surface area contributed by atoms with Gasteiger partial charge in [0.15, 0.2) is 0 Å². The van der Waals surface area contributed by atoms with E-state index in [0.29, 0.717) is 6.04 Å². The number of hydrogen-bond donors (Lipinski definition) is 0. The van der Waals surface area contributed by atoms with Crippen molar-refractivity contribution in [2.75, 3.05) is 0 Å². The predicted octanol–water partition coefficient (Wildman–Crippen LogP) is 16.8. The zero-order chi connectivity index (χ0) is 38.2. The Labute approximate surface area is 358 Å². The molecule has 0 aromatic heterocycles. The maximum absolute atomic E-state index is 4.85. The van der Waals surface area contributed by atoms with Crippen LogP contribution in [0.4, 0.5) is 0 Å². The third-order valence-corrected chi connectivity index (χ3v) is 24.1. The van der Waals surface area contributed by atoms with Crippen LogP contribution < -0.4 is 0 Å². The summed E-state index contributed by atoms with van der Waals surface area (Å²) in [6, 6.07) is 0.417. The van der Waals surface area contributed by atoms with Crippen molar-refractivity contribution in [1.82, 2.24) is 0 Å². The van der Waals surface area contributed by atoms with Crippen LogP contribution >= 0.6 is 35.2 Å². The van der Waals surface area contributed by atoms with Crippen molar-refractivity contribution in [3.8, 4) is 0 Å². The Morgan fingerprint density at radius 2 is 0.691 bits per heavy atom. The van der Waals surface area contributed by atoms with Crippen LogP contribution in [0, 0.1) is 0 Å². The molecule has 9 heteroatoms. The molecular formula is C46H83Cl2N4P2Ru+. The summed E-state index contributed by atoms with van der Waals surface area (Å²) in [4.78, 5) is 4.07. The fourth-order valence-corrected chi connectivity index (χ4v) is 22.8. The van der Waals surface area contributed by atoms with Gasteiger partial charge in [-0.3, -0.25) is 4.99 Å². The van der Waals surface area contributed by atoms with Crippen LogP contribution in [-0.4, -0.2) is 52.5 Å². The third-order valence-electron chi connectivity index (χ3n) is 15.0. The molecule has 4 nitrogen and oxygen atoms in total. The van der Waals surface area contributed by atoms with E-state index in [1.807, 2.05) is 0 Å². The molecule has 0 saturated heterocycles. The van der Waals surface area contributed by atoms with Crippen LogP contribution in [0.15, 0.2) is 27.5 Å². The van der Waals surface area contributed by atoms with E-state index in [9.17, 15) is 0 Å². The van der Waals surface area contributed by atoms with Gasteiger partial charge in [0.25, 0.3) is 0 Å². The average molecular weight is 926 g/mol. The molecule has 7 saturated carbocycles. The van der Waals surface area contributed by atoms with E-state index >= 15 is 0 Å². The van der Waals surface area contributed by atoms with Crippen LogP contribution in [0.2, 0.25) is 0 Å². The van der Waals surface area contributed by atoms with E-state index in [0.717, 1.165) is 0 Å². The minimum absolute atomic E-state index is 0.0465. The van der Waals surface area contributed by atoms with Crippen molar-refractivity contribution in [2.45, 2.75) is 271 Å². The first-order valence-electron chi connectivity index (χ1n) is 24.1. The Kier molecular flexibility index (Phi) is 24.9. The zero-order valence-corrected chi connectivity index (χ0v) is 40.2. The van der Waals surface area contributed by atoms with Gasteiger partial charge in [-0.05, 0) is 167 Å². The molecule has 0 N–H and O–H groups in total. The Bertz CT molecular complexity index is 901. The third kappa shape index (κ3) is 17.4. The van der Waals surface area contributed by atoms with Gasteiger partial charge in [-0.25, -0.2) is 0 Å². The molecule has 8 aliphatic rings. The van der Waals surface area contributed by atoms with Crippen LogP contribution in [0.5, 0.6) is 0 Å². The maximum atomic E-state index is 4.85.